The summed E-state index contributed by atoms with van der Waals surface area (Å²) >= 11 is 0. The van der Waals surface area contributed by atoms with Gasteiger partial charge in [0.2, 0.25) is 17.8 Å². The number of nitrogens with zero attached hydrogens (tertiary/aromatic N) is 4. The zero-order valence-electron chi connectivity index (χ0n) is 9.49. The van der Waals surface area contributed by atoms with Crippen molar-refractivity contribution in [2.24, 2.45) is 0 Å². The topological polar surface area (TPSA) is 188 Å². The van der Waals surface area contributed by atoms with Crippen LogP contribution in [0.3, 0.4) is 0 Å². The van der Waals surface area contributed by atoms with E-state index < -0.39 is 7.82 Å². The standard InChI is InChI=1S/C4H6NO4P.C3H6N6/c6-10(7,8)9-5-3-1-2-4-5;4-1-7-2(5)9-3(6)8-1/h1-4H,(H2,6,7,8);(H6,4,5,6,7,8,9). The molecule has 2 aromatic heterocycles. The van der Waals surface area contributed by atoms with Crippen LogP contribution in [0.5, 0.6) is 0 Å². The van der Waals surface area contributed by atoms with Gasteiger partial charge in [0.1, 0.15) is 0 Å². The first-order chi connectivity index (χ1) is 8.76. The average molecular weight is 289 g/mol. The summed E-state index contributed by atoms with van der Waals surface area (Å²) in [5, 5.41) is 0. The maximum Gasteiger partial charge on any atom is 0.543 e. The van der Waals surface area contributed by atoms with E-state index in [0.29, 0.717) is 0 Å². The molecule has 11 nitrogen and oxygen atoms in total. The van der Waals surface area contributed by atoms with Gasteiger partial charge in [-0.1, -0.05) is 0 Å². The van der Waals surface area contributed by atoms with E-state index in [4.69, 9.17) is 27.0 Å². The number of hydrogen-bond acceptors (Lipinski definition) is 8. The number of nitrogen functional groups attached to an aromatic ring is 3. The van der Waals surface area contributed by atoms with Gasteiger partial charge in [-0.15, -0.1) is 0 Å². The van der Waals surface area contributed by atoms with Crippen LogP contribution >= 0.6 is 7.82 Å². The Labute approximate surface area is 107 Å². The lowest BCUT2D eigenvalue weighted by atomic mass is 10.7. The van der Waals surface area contributed by atoms with Gasteiger partial charge in [-0.3, -0.25) is 9.79 Å². The highest BCUT2D eigenvalue weighted by Gasteiger charge is 2.14. The summed E-state index contributed by atoms with van der Waals surface area (Å²) in [5.41, 5.74) is 15.4. The van der Waals surface area contributed by atoms with Crippen molar-refractivity contribution in [1.82, 2.24) is 19.7 Å². The molecule has 0 amide bonds. The van der Waals surface area contributed by atoms with Crippen LogP contribution in [0.1, 0.15) is 0 Å². The molecule has 0 bridgehead atoms. The highest BCUT2D eigenvalue weighted by Crippen LogP contribution is 2.30. The zero-order chi connectivity index (χ0) is 14.5. The molecule has 0 spiro atoms. The van der Waals surface area contributed by atoms with Gasteiger partial charge in [0.15, 0.2) is 0 Å². The molecular formula is C7H12N7O4P. The van der Waals surface area contributed by atoms with Crippen molar-refractivity contribution in [2.75, 3.05) is 17.2 Å². The second-order valence-electron chi connectivity index (χ2n) is 3.03. The molecule has 0 saturated heterocycles. The Hall–Kier alpha value is -2.36. The smallest absolute Gasteiger partial charge is 0.368 e. The van der Waals surface area contributed by atoms with Crippen LogP contribution in [0.4, 0.5) is 17.8 Å². The summed E-state index contributed by atoms with van der Waals surface area (Å²) < 4.78 is 15.2. The number of anilines is 3. The molecule has 19 heavy (non-hydrogen) atoms. The molecule has 2 aromatic rings. The van der Waals surface area contributed by atoms with Crippen molar-refractivity contribution < 1.29 is 19.0 Å². The fraction of sp³-hybridized carbons (Fsp3) is 0. The molecule has 0 aliphatic carbocycles. The molecule has 0 aliphatic heterocycles. The Morgan fingerprint density at radius 2 is 1.37 bits per heavy atom. The largest absolute Gasteiger partial charge is 0.543 e. The number of hydrogen-bond donors (Lipinski definition) is 5. The van der Waals surface area contributed by atoms with Crippen molar-refractivity contribution in [3.8, 4) is 0 Å². The quantitative estimate of drug-likeness (QED) is 0.412. The molecule has 2 heterocycles. The lowest BCUT2D eigenvalue weighted by Gasteiger charge is -2.04. The minimum Gasteiger partial charge on any atom is -0.368 e. The molecule has 0 radical (unpaired) electrons. The van der Waals surface area contributed by atoms with E-state index in [2.05, 4.69) is 19.6 Å². The molecule has 2 rings (SSSR count). The van der Waals surface area contributed by atoms with Gasteiger partial charge in [-0.25, -0.2) is 4.57 Å². The molecule has 8 N–H and O–H groups in total. The van der Waals surface area contributed by atoms with Crippen molar-refractivity contribution in [3.05, 3.63) is 24.5 Å². The first kappa shape index (κ1) is 14.7. The van der Waals surface area contributed by atoms with Crippen LogP contribution in [-0.2, 0) is 4.57 Å². The SMILES string of the molecule is Nc1nc(N)nc(N)n1.O=P(O)(O)On1cccc1. The number of rotatable bonds is 2. The highest BCUT2D eigenvalue weighted by atomic mass is 31.2. The Kier molecular flexibility index (Phi) is 4.64. The third-order valence-electron chi connectivity index (χ3n) is 1.47. The molecule has 0 atom stereocenters. The van der Waals surface area contributed by atoms with Gasteiger partial charge in [-0.2, -0.15) is 19.7 Å². The molecule has 0 unspecified atom stereocenters. The van der Waals surface area contributed by atoms with Gasteiger partial charge in [0.25, 0.3) is 0 Å². The summed E-state index contributed by atoms with van der Waals surface area (Å²) in [7, 11) is -4.39. The van der Waals surface area contributed by atoms with Crippen molar-refractivity contribution in [1.29, 1.82) is 0 Å². The van der Waals surface area contributed by atoms with Crippen LogP contribution in [0.15, 0.2) is 24.5 Å². The van der Waals surface area contributed by atoms with Crippen LogP contribution in [0.2, 0.25) is 0 Å². The van der Waals surface area contributed by atoms with Crippen molar-refractivity contribution >= 4 is 25.7 Å². The van der Waals surface area contributed by atoms with Gasteiger partial charge >= 0.3 is 7.82 Å². The van der Waals surface area contributed by atoms with Gasteiger partial charge in [0, 0.05) is 12.4 Å². The van der Waals surface area contributed by atoms with E-state index in [1.54, 1.807) is 12.1 Å². The molecule has 0 saturated carbocycles. The van der Waals surface area contributed by atoms with Crippen molar-refractivity contribution in [3.63, 3.8) is 0 Å². The molecule has 12 heteroatoms. The third-order valence-corrected chi connectivity index (χ3v) is 1.87. The predicted molar refractivity (Wildman–Crippen MR) is 66.1 cm³/mol. The van der Waals surface area contributed by atoms with Crippen LogP contribution in [0.25, 0.3) is 0 Å². The molecule has 0 fully saturated rings. The van der Waals surface area contributed by atoms with Crippen LogP contribution in [-0.4, -0.2) is 29.5 Å². The first-order valence-corrected chi connectivity index (χ1v) is 6.20. The minimum absolute atomic E-state index is 0.0417. The summed E-state index contributed by atoms with van der Waals surface area (Å²) in [5.74, 6) is 0.125. The van der Waals surface area contributed by atoms with E-state index in [-0.39, 0.29) is 17.8 Å². The Morgan fingerprint density at radius 1 is 1.00 bits per heavy atom. The Bertz CT molecular complexity index is 518. The third kappa shape index (κ3) is 6.21. The normalized spacial score (nSPS) is 10.4. The number of aromatic nitrogens is 4. The van der Waals surface area contributed by atoms with Gasteiger partial charge in [0.05, 0.1) is 0 Å². The lowest BCUT2D eigenvalue weighted by Crippen LogP contribution is -2.05. The second-order valence-corrected chi connectivity index (χ2v) is 4.17. The summed E-state index contributed by atoms with van der Waals surface area (Å²) in [4.78, 5) is 27.0. The predicted octanol–water partition coefficient (Wildman–Crippen LogP) is -1.37. The summed E-state index contributed by atoms with van der Waals surface area (Å²) in [6, 6.07) is 3.19. The Morgan fingerprint density at radius 3 is 1.68 bits per heavy atom. The maximum atomic E-state index is 10.2. The number of phosphoric acid groups is 1. The molecular weight excluding hydrogens is 277 g/mol. The Balaban J connectivity index is 0.000000191. The van der Waals surface area contributed by atoms with E-state index in [0.717, 1.165) is 4.73 Å². The summed E-state index contributed by atoms with van der Waals surface area (Å²) in [6.07, 6.45) is 2.78. The average Bonchev–Trinajstić information content (AvgIpc) is 2.65. The van der Waals surface area contributed by atoms with Crippen molar-refractivity contribution in [2.45, 2.75) is 0 Å². The lowest BCUT2D eigenvalue weighted by molar-refractivity contribution is 0.178. The molecule has 104 valence electrons. The molecule has 0 aromatic carbocycles. The minimum atomic E-state index is -4.39. The van der Waals surface area contributed by atoms with Crippen LogP contribution in [0, 0.1) is 0 Å². The second kappa shape index (κ2) is 6.00. The molecule has 0 aliphatic rings. The van der Waals surface area contributed by atoms with Gasteiger partial charge < -0.3 is 21.8 Å². The fourth-order valence-electron chi connectivity index (χ4n) is 0.923. The van der Waals surface area contributed by atoms with E-state index in [9.17, 15) is 4.57 Å². The first-order valence-electron chi connectivity index (χ1n) is 4.67. The van der Waals surface area contributed by atoms with Gasteiger partial charge in [-0.05, 0) is 12.1 Å². The maximum absolute atomic E-state index is 10.2. The van der Waals surface area contributed by atoms with Crippen LogP contribution < -0.4 is 21.8 Å². The van der Waals surface area contributed by atoms with E-state index in [1.807, 2.05) is 0 Å². The number of nitrogens with two attached hydrogens (primary N) is 3. The van der Waals surface area contributed by atoms with E-state index >= 15 is 0 Å². The monoisotopic (exact) mass is 289 g/mol. The van der Waals surface area contributed by atoms with E-state index in [1.165, 1.54) is 12.4 Å². The zero-order valence-corrected chi connectivity index (χ0v) is 10.4. The fourth-order valence-corrected chi connectivity index (χ4v) is 1.28. The summed E-state index contributed by atoms with van der Waals surface area (Å²) in [6.45, 7) is 0. The highest BCUT2D eigenvalue weighted by molar-refractivity contribution is 7.46.